The number of aromatic hydroxyl groups is 1. The van der Waals surface area contributed by atoms with Crippen molar-refractivity contribution in [1.82, 2.24) is 15.2 Å². The van der Waals surface area contributed by atoms with Crippen molar-refractivity contribution in [2.24, 2.45) is 5.73 Å². The van der Waals surface area contributed by atoms with Gasteiger partial charge in [0.2, 0.25) is 0 Å². The van der Waals surface area contributed by atoms with Gasteiger partial charge in [-0.1, -0.05) is 42.5 Å². The van der Waals surface area contributed by atoms with Crippen molar-refractivity contribution >= 4 is 0 Å². The summed E-state index contributed by atoms with van der Waals surface area (Å²) in [5.41, 5.74) is 8.16. The quantitative estimate of drug-likeness (QED) is 0.685. The van der Waals surface area contributed by atoms with Crippen LogP contribution < -0.4 is 5.73 Å². The summed E-state index contributed by atoms with van der Waals surface area (Å²) in [6, 6.07) is 16.5. The van der Waals surface area contributed by atoms with Gasteiger partial charge >= 0.3 is 0 Å². The Balaban J connectivity index is 1.75. The van der Waals surface area contributed by atoms with Crippen LogP contribution in [-0.2, 0) is 6.42 Å². The van der Waals surface area contributed by atoms with Crippen LogP contribution in [0.4, 0.5) is 0 Å². The van der Waals surface area contributed by atoms with E-state index in [1.165, 1.54) is 0 Å². The second kappa shape index (κ2) is 5.76. The topological polar surface area (TPSA) is 87.8 Å². The maximum Gasteiger partial charge on any atom is 0.181 e. The summed E-state index contributed by atoms with van der Waals surface area (Å²) in [7, 11) is 0. The molecule has 3 rings (SSSR count). The zero-order valence-electron chi connectivity index (χ0n) is 11.4. The molecule has 0 saturated carbocycles. The number of nitrogens with zero attached hydrogens (tertiary/aromatic N) is 2. The van der Waals surface area contributed by atoms with Crippen molar-refractivity contribution < 1.29 is 5.11 Å². The zero-order chi connectivity index (χ0) is 14.7. The molecule has 0 spiro atoms. The molecule has 4 N–H and O–H groups in total. The number of H-pyrrole nitrogens is 1. The highest BCUT2D eigenvalue weighted by molar-refractivity contribution is 5.53. The van der Waals surface area contributed by atoms with Crippen LogP contribution in [-0.4, -0.2) is 20.3 Å². The highest BCUT2D eigenvalue weighted by Gasteiger charge is 2.13. The van der Waals surface area contributed by atoms with Crippen molar-refractivity contribution in [3.63, 3.8) is 0 Å². The molecule has 0 aliphatic carbocycles. The third-order valence-corrected chi connectivity index (χ3v) is 3.28. The Morgan fingerprint density at radius 1 is 1.05 bits per heavy atom. The SMILES string of the molecule is N[C@@H](Cc1ccc(O)cc1)c1nc(-c2ccccc2)n[nH]1. The van der Waals surface area contributed by atoms with Gasteiger partial charge in [-0.2, -0.15) is 5.10 Å². The number of phenolic OH excluding ortho intramolecular Hbond substituents is 1. The lowest BCUT2D eigenvalue weighted by atomic mass is 10.1. The minimum Gasteiger partial charge on any atom is -0.508 e. The van der Waals surface area contributed by atoms with E-state index in [4.69, 9.17) is 5.73 Å². The lowest BCUT2D eigenvalue weighted by Gasteiger charge is -2.08. The first-order valence-corrected chi connectivity index (χ1v) is 6.73. The highest BCUT2D eigenvalue weighted by Crippen LogP contribution is 2.18. The first-order valence-electron chi connectivity index (χ1n) is 6.73. The number of aromatic nitrogens is 3. The number of rotatable bonds is 4. The molecule has 5 heteroatoms. The van der Waals surface area contributed by atoms with E-state index >= 15 is 0 Å². The summed E-state index contributed by atoms with van der Waals surface area (Å²) >= 11 is 0. The second-order valence-electron chi connectivity index (χ2n) is 4.89. The summed E-state index contributed by atoms with van der Waals surface area (Å²) < 4.78 is 0. The lowest BCUT2D eigenvalue weighted by Crippen LogP contribution is -2.15. The van der Waals surface area contributed by atoms with Crippen LogP contribution in [0.25, 0.3) is 11.4 Å². The van der Waals surface area contributed by atoms with E-state index in [1.54, 1.807) is 12.1 Å². The minimum absolute atomic E-state index is 0.248. The molecule has 1 aromatic heterocycles. The Kier molecular flexibility index (Phi) is 3.66. The summed E-state index contributed by atoms with van der Waals surface area (Å²) in [5.74, 6) is 1.55. The summed E-state index contributed by atoms with van der Waals surface area (Å²) in [6.07, 6.45) is 0.629. The van der Waals surface area contributed by atoms with Gasteiger partial charge in [0.15, 0.2) is 5.82 Å². The fourth-order valence-electron chi connectivity index (χ4n) is 2.14. The van der Waals surface area contributed by atoms with E-state index in [2.05, 4.69) is 15.2 Å². The average molecular weight is 280 g/mol. The molecule has 0 bridgehead atoms. The van der Waals surface area contributed by atoms with Crippen LogP contribution in [0.5, 0.6) is 5.75 Å². The van der Waals surface area contributed by atoms with Crippen LogP contribution in [0.1, 0.15) is 17.4 Å². The largest absolute Gasteiger partial charge is 0.508 e. The smallest absolute Gasteiger partial charge is 0.181 e. The molecule has 21 heavy (non-hydrogen) atoms. The molecular formula is C16H16N4O. The predicted molar refractivity (Wildman–Crippen MR) is 80.6 cm³/mol. The van der Waals surface area contributed by atoms with Crippen LogP contribution >= 0.6 is 0 Å². The first kappa shape index (κ1) is 13.3. The molecule has 0 amide bonds. The van der Waals surface area contributed by atoms with Crippen LogP contribution in [0, 0.1) is 0 Å². The monoisotopic (exact) mass is 280 g/mol. The minimum atomic E-state index is -0.264. The number of hydrogen-bond donors (Lipinski definition) is 3. The fraction of sp³-hybridized carbons (Fsp3) is 0.125. The lowest BCUT2D eigenvalue weighted by molar-refractivity contribution is 0.475. The van der Waals surface area contributed by atoms with Gasteiger partial charge in [-0.25, -0.2) is 4.98 Å². The molecule has 0 aliphatic rings. The maximum atomic E-state index is 9.28. The van der Waals surface area contributed by atoms with Crippen molar-refractivity contribution in [2.45, 2.75) is 12.5 Å². The highest BCUT2D eigenvalue weighted by atomic mass is 16.3. The number of phenols is 1. The number of nitrogens with one attached hydrogen (secondary N) is 1. The van der Waals surface area contributed by atoms with Crippen LogP contribution in [0.2, 0.25) is 0 Å². The van der Waals surface area contributed by atoms with E-state index in [0.717, 1.165) is 11.1 Å². The molecule has 3 aromatic rings. The van der Waals surface area contributed by atoms with E-state index in [1.807, 2.05) is 42.5 Å². The second-order valence-corrected chi connectivity index (χ2v) is 4.89. The first-order chi connectivity index (χ1) is 10.2. The Hall–Kier alpha value is -2.66. The Labute approximate surface area is 122 Å². The molecule has 1 atom stereocenters. The van der Waals surface area contributed by atoms with Crippen LogP contribution in [0.3, 0.4) is 0 Å². The summed E-state index contributed by atoms with van der Waals surface area (Å²) in [4.78, 5) is 4.45. The van der Waals surface area contributed by atoms with Crippen molar-refractivity contribution in [3.05, 3.63) is 66.0 Å². The number of benzene rings is 2. The van der Waals surface area contributed by atoms with E-state index in [9.17, 15) is 5.11 Å². The van der Waals surface area contributed by atoms with Gasteiger partial charge in [-0.15, -0.1) is 0 Å². The van der Waals surface area contributed by atoms with E-state index < -0.39 is 0 Å². The van der Waals surface area contributed by atoms with Crippen molar-refractivity contribution in [2.75, 3.05) is 0 Å². The van der Waals surface area contributed by atoms with E-state index in [-0.39, 0.29) is 11.8 Å². The molecule has 5 nitrogen and oxygen atoms in total. The predicted octanol–water partition coefficient (Wildman–Crippen LogP) is 2.42. The Morgan fingerprint density at radius 3 is 2.48 bits per heavy atom. The van der Waals surface area contributed by atoms with Gasteiger partial charge in [0.25, 0.3) is 0 Å². The molecule has 0 radical (unpaired) electrons. The normalized spacial score (nSPS) is 12.2. The molecule has 0 unspecified atom stereocenters. The molecule has 0 fully saturated rings. The molecule has 0 aliphatic heterocycles. The van der Waals surface area contributed by atoms with Gasteiger partial charge in [-0.05, 0) is 24.1 Å². The van der Waals surface area contributed by atoms with Crippen LogP contribution in [0.15, 0.2) is 54.6 Å². The van der Waals surface area contributed by atoms with Crippen molar-refractivity contribution in [3.8, 4) is 17.1 Å². The number of hydrogen-bond acceptors (Lipinski definition) is 4. The summed E-state index contributed by atoms with van der Waals surface area (Å²) in [5, 5.41) is 16.4. The summed E-state index contributed by atoms with van der Waals surface area (Å²) in [6.45, 7) is 0. The zero-order valence-corrected chi connectivity index (χ0v) is 11.4. The third kappa shape index (κ3) is 3.09. The van der Waals surface area contributed by atoms with E-state index in [0.29, 0.717) is 18.1 Å². The molecule has 0 saturated heterocycles. The van der Waals surface area contributed by atoms with Crippen molar-refractivity contribution in [1.29, 1.82) is 0 Å². The number of nitrogens with two attached hydrogens (primary N) is 1. The molecular weight excluding hydrogens is 264 g/mol. The fourth-order valence-corrected chi connectivity index (χ4v) is 2.14. The molecule has 106 valence electrons. The van der Waals surface area contributed by atoms with Gasteiger partial charge in [0.1, 0.15) is 11.6 Å². The number of aromatic amines is 1. The standard InChI is InChI=1S/C16H16N4O/c17-14(10-11-6-8-13(21)9-7-11)16-18-15(19-20-16)12-4-2-1-3-5-12/h1-9,14,21H,10,17H2,(H,18,19,20)/t14-/m0/s1. The molecule has 2 aromatic carbocycles. The Morgan fingerprint density at radius 2 is 1.76 bits per heavy atom. The maximum absolute atomic E-state index is 9.28. The van der Waals surface area contributed by atoms with Gasteiger partial charge < -0.3 is 10.8 Å². The van der Waals surface area contributed by atoms with Gasteiger partial charge in [0, 0.05) is 5.56 Å². The van der Waals surface area contributed by atoms with Gasteiger partial charge in [0.05, 0.1) is 6.04 Å². The molecule has 1 heterocycles. The van der Waals surface area contributed by atoms with Gasteiger partial charge in [-0.3, -0.25) is 5.10 Å². The third-order valence-electron chi connectivity index (χ3n) is 3.28. The Bertz CT molecular complexity index is 707. The average Bonchev–Trinajstić information content (AvgIpc) is 3.00.